The molecule has 0 atom stereocenters. The molecule has 1 fully saturated rings. The molecule has 0 spiro atoms. The average Bonchev–Trinajstić information content (AvgIpc) is 3.09. The molecule has 0 bridgehead atoms. The molecule has 6 heteroatoms. The number of methoxy groups -OCH3 is 1. The minimum atomic E-state index is -0.266. The fraction of sp³-hybridized carbons (Fsp3) is 0.125. The highest BCUT2D eigenvalue weighted by atomic mass is 32.2. The number of aromatic nitrogens is 1. The number of rotatable bonds is 3. The van der Waals surface area contributed by atoms with Crippen LogP contribution < -0.4 is 4.74 Å². The van der Waals surface area contributed by atoms with Gasteiger partial charge in [-0.15, -0.1) is 0 Å². The van der Waals surface area contributed by atoms with E-state index in [-0.39, 0.29) is 11.1 Å². The van der Waals surface area contributed by atoms with Crippen molar-refractivity contribution >= 4 is 29.0 Å². The Hall–Kier alpha value is -2.47. The molecule has 112 valence electrons. The van der Waals surface area contributed by atoms with Crippen molar-refractivity contribution in [2.45, 2.75) is 0 Å². The molecular formula is C16H14N2O3S. The first kappa shape index (κ1) is 14.5. The van der Waals surface area contributed by atoms with Crippen LogP contribution in [0.1, 0.15) is 5.69 Å². The first-order valence-corrected chi connectivity index (χ1v) is 7.45. The lowest BCUT2D eigenvalue weighted by Gasteiger charge is -2.08. The highest BCUT2D eigenvalue weighted by molar-refractivity contribution is 8.18. The Balaban J connectivity index is 1.95. The van der Waals surface area contributed by atoms with Gasteiger partial charge in [-0.2, -0.15) is 0 Å². The van der Waals surface area contributed by atoms with Crippen molar-refractivity contribution in [2.24, 2.45) is 0 Å². The van der Waals surface area contributed by atoms with Crippen molar-refractivity contribution in [2.75, 3.05) is 14.2 Å². The van der Waals surface area contributed by atoms with Crippen molar-refractivity contribution in [3.8, 4) is 11.4 Å². The Morgan fingerprint density at radius 3 is 2.45 bits per heavy atom. The largest absolute Gasteiger partial charge is 0.497 e. The third-order valence-corrected chi connectivity index (χ3v) is 4.36. The maximum Gasteiger partial charge on any atom is 0.293 e. The number of carbonyl (C=O) groups is 2. The lowest BCUT2D eigenvalue weighted by atomic mass is 10.3. The molecule has 0 unspecified atom stereocenters. The summed E-state index contributed by atoms with van der Waals surface area (Å²) in [4.78, 5) is 25.1. The van der Waals surface area contributed by atoms with Crippen molar-refractivity contribution in [1.29, 1.82) is 0 Å². The minimum Gasteiger partial charge on any atom is -0.497 e. The van der Waals surface area contributed by atoms with Gasteiger partial charge in [-0.25, -0.2) is 0 Å². The molecule has 1 aromatic carbocycles. The number of nitrogens with zero attached hydrogens (tertiary/aromatic N) is 2. The number of likely N-dealkylation sites (N-methyl/N-ethyl adjacent to an activating group) is 1. The zero-order valence-electron chi connectivity index (χ0n) is 12.1. The van der Waals surface area contributed by atoms with Crippen LogP contribution in [0.3, 0.4) is 0 Å². The van der Waals surface area contributed by atoms with Crippen LogP contribution in [0.15, 0.2) is 47.5 Å². The number of imide groups is 1. The summed E-state index contributed by atoms with van der Waals surface area (Å²) in [5.74, 6) is 0.516. The Labute approximate surface area is 132 Å². The van der Waals surface area contributed by atoms with Gasteiger partial charge in [0.2, 0.25) is 0 Å². The van der Waals surface area contributed by atoms with Gasteiger partial charge in [0.05, 0.1) is 12.0 Å². The van der Waals surface area contributed by atoms with E-state index in [1.807, 2.05) is 47.2 Å². The van der Waals surface area contributed by atoms with E-state index in [4.69, 9.17) is 4.74 Å². The van der Waals surface area contributed by atoms with Crippen LogP contribution in [-0.4, -0.2) is 34.8 Å². The summed E-state index contributed by atoms with van der Waals surface area (Å²) in [5, 5.41) is -0.251. The van der Waals surface area contributed by atoms with Crippen LogP contribution in [0, 0.1) is 0 Å². The highest BCUT2D eigenvalue weighted by Gasteiger charge is 2.31. The van der Waals surface area contributed by atoms with Gasteiger partial charge >= 0.3 is 0 Å². The topological polar surface area (TPSA) is 51.5 Å². The Morgan fingerprint density at radius 1 is 1.14 bits per heavy atom. The predicted molar refractivity (Wildman–Crippen MR) is 86.1 cm³/mol. The molecular weight excluding hydrogens is 300 g/mol. The number of hydrogen-bond acceptors (Lipinski definition) is 4. The summed E-state index contributed by atoms with van der Waals surface area (Å²) in [6.45, 7) is 0. The maximum atomic E-state index is 12.0. The highest BCUT2D eigenvalue weighted by Crippen LogP contribution is 2.31. The normalized spacial score (nSPS) is 16.6. The number of benzene rings is 1. The van der Waals surface area contributed by atoms with Gasteiger partial charge in [-0.3, -0.25) is 14.5 Å². The quantitative estimate of drug-likeness (QED) is 0.817. The summed E-state index contributed by atoms with van der Waals surface area (Å²) in [6.07, 6.45) is 3.64. The summed E-state index contributed by atoms with van der Waals surface area (Å²) in [6, 6.07) is 11.4. The van der Waals surface area contributed by atoms with E-state index in [0.717, 1.165) is 33.8 Å². The van der Waals surface area contributed by atoms with Crippen molar-refractivity contribution in [1.82, 2.24) is 9.47 Å². The van der Waals surface area contributed by atoms with Gasteiger partial charge in [0, 0.05) is 24.6 Å². The molecule has 3 rings (SSSR count). The van der Waals surface area contributed by atoms with Crippen molar-refractivity contribution < 1.29 is 14.3 Å². The third-order valence-electron chi connectivity index (χ3n) is 3.40. The molecule has 1 aliphatic rings. The second-order valence-electron chi connectivity index (χ2n) is 4.74. The Morgan fingerprint density at radius 2 is 1.86 bits per heavy atom. The SMILES string of the molecule is COc1ccc(-n2cccc2C=C2SC(=O)N(C)C2=O)cc1. The van der Waals surface area contributed by atoms with E-state index in [2.05, 4.69) is 0 Å². The molecule has 2 heterocycles. The monoisotopic (exact) mass is 314 g/mol. The zero-order valence-corrected chi connectivity index (χ0v) is 13.0. The van der Waals surface area contributed by atoms with E-state index >= 15 is 0 Å². The van der Waals surface area contributed by atoms with E-state index in [0.29, 0.717) is 4.91 Å². The standard InChI is InChI=1S/C16H14N2O3S/c1-17-15(19)14(22-16(17)20)10-12-4-3-9-18(12)11-5-7-13(21-2)8-6-11/h3-10H,1-2H3. The molecule has 22 heavy (non-hydrogen) atoms. The lowest BCUT2D eigenvalue weighted by Crippen LogP contribution is -2.22. The second-order valence-corrected chi connectivity index (χ2v) is 5.73. The fourth-order valence-corrected chi connectivity index (χ4v) is 2.98. The number of thioether (sulfide) groups is 1. The number of amides is 2. The summed E-state index contributed by atoms with van der Waals surface area (Å²) >= 11 is 0.955. The third kappa shape index (κ3) is 2.53. The summed E-state index contributed by atoms with van der Waals surface area (Å²) in [7, 11) is 3.11. The van der Waals surface area contributed by atoms with E-state index < -0.39 is 0 Å². The molecule has 5 nitrogen and oxygen atoms in total. The first-order chi connectivity index (χ1) is 10.6. The average molecular weight is 314 g/mol. The van der Waals surface area contributed by atoms with Crippen LogP contribution in [-0.2, 0) is 4.79 Å². The molecule has 1 saturated heterocycles. The van der Waals surface area contributed by atoms with Crippen molar-refractivity contribution in [3.05, 3.63) is 53.2 Å². The van der Waals surface area contributed by atoms with Gasteiger partial charge in [0.25, 0.3) is 11.1 Å². The molecule has 2 aromatic rings. The molecule has 0 saturated carbocycles. The van der Waals surface area contributed by atoms with Crippen LogP contribution in [0.2, 0.25) is 0 Å². The molecule has 1 aromatic heterocycles. The maximum absolute atomic E-state index is 12.0. The molecule has 0 aliphatic carbocycles. The number of ether oxygens (including phenoxy) is 1. The van der Waals surface area contributed by atoms with Crippen LogP contribution in [0.5, 0.6) is 5.75 Å². The van der Waals surface area contributed by atoms with Gasteiger partial charge in [-0.1, -0.05) is 0 Å². The second kappa shape index (κ2) is 5.73. The van der Waals surface area contributed by atoms with Crippen LogP contribution in [0.4, 0.5) is 4.79 Å². The zero-order chi connectivity index (χ0) is 15.7. The van der Waals surface area contributed by atoms with Gasteiger partial charge in [0.1, 0.15) is 5.75 Å². The Kier molecular flexibility index (Phi) is 3.77. The van der Waals surface area contributed by atoms with Gasteiger partial charge in [-0.05, 0) is 54.2 Å². The van der Waals surface area contributed by atoms with Crippen LogP contribution >= 0.6 is 11.8 Å². The summed E-state index contributed by atoms with van der Waals surface area (Å²) < 4.78 is 7.10. The van der Waals surface area contributed by atoms with Gasteiger partial charge < -0.3 is 9.30 Å². The van der Waals surface area contributed by atoms with Crippen molar-refractivity contribution in [3.63, 3.8) is 0 Å². The number of carbonyl (C=O) groups excluding carboxylic acids is 2. The molecule has 2 amide bonds. The molecule has 0 radical (unpaired) electrons. The van der Waals surface area contributed by atoms with E-state index in [1.165, 1.54) is 7.05 Å². The smallest absolute Gasteiger partial charge is 0.293 e. The molecule has 1 aliphatic heterocycles. The summed E-state index contributed by atoms with van der Waals surface area (Å²) in [5.41, 5.74) is 1.79. The first-order valence-electron chi connectivity index (χ1n) is 6.63. The van der Waals surface area contributed by atoms with E-state index in [9.17, 15) is 9.59 Å². The Bertz CT molecular complexity index is 762. The minimum absolute atomic E-state index is 0.251. The van der Waals surface area contributed by atoms with E-state index in [1.54, 1.807) is 13.2 Å². The lowest BCUT2D eigenvalue weighted by molar-refractivity contribution is -0.121. The fourth-order valence-electron chi connectivity index (χ4n) is 2.17. The van der Waals surface area contributed by atoms with Gasteiger partial charge in [0.15, 0.2) is 0 Å². The predicted octanol–water partition coefficient (Wildman–Crippen LogP) is 3.15. The molecule has 0 N–H and O–H groups in total. The number of hydrogen-bond donors (Lipinski definition) is 0. The van der Waals surface area contributed by atoms with Crippen LogP contribution in [0.25, 0.3) is 11.8 Å².